The summed E-state index contributed by atoms with van der Waals surface area (Å²) in [6.45, 7) is 0.380. The van der Waals surface area contributed by atoms with Crippen molar-refractivity contribution < 1.29 is 14.3 Å². The van der Waals surface area contributed by atoms with E-state index in [1.165, 1.54) is 7.11 Å². The highest BCUT2D eigenvalue weighted by molar-refractivity contribution is 7.98. The molecule has 7 heteroatoms. The first kappa shape index (κ1) is 19.1. The van der Waals surface area contributed by atoms with E-state index in [0.29, 0.717) is 24.3 Å². The lowest BCUT2D eigenvalue weighted by atomic mass is 10.1. The second-order valence-corrected chi connectivity index (χ2v) is 6.55. The Labute approximate surface area is 151 Å². The lowest BCUT2D eigenvalue weighted by molar-refractivity contribution is -0.120. The molecule has 0 aliphatic carbocycles. The number of aromatic amines is 1. The summed E-state index contributed by atoms with van der Waals surface area (Å²) < 4.78 is 4.71. The van der Waals surface area contributed by atoms with Gasteiger partial charge >= 0.3 is 5.97 Å². The first-order valence-corrected chi connectivity index (χ1v) is 9.32. The molecule has 2 aromatic rings. The zero-order valence-electron chi connectivity index (χ0n) is 14.4. The number of anilines is 1. The maximum Gasteiger partial charge on any atom is 0.354 e. The lowest BCUT2D eigenvalue weighted by Crippen LogP contribution is -2.43. The molecule has 0 saturated heterocycles. The molecule has 0 bridgehead atoms. The van der Waals surface area contributed by atoms with E-state index in [1.54, 1.807) is 28.9 Å². The number of aromatic nitrogens is 1. The van der Waals surface area contributed by atoms with Gasteiger partial charge in [0.05, 0.1) is 25.4 Å². The van der Waals surface area contributed by atoms with E-state index in [2.05, 4.69) is 4.98 Å². The van der Waals surface area contributed by atoms with E-state index in [0.717, 1.165) is 11.3 Å². The van der Waals surface area contributed by atoms with Crippen molar-refractivity contribution in [2.75, 3.05) is 24.0 Å². The SMILES string of the molecule is COC(=O)c1cc(N(Cc2ccccc2)C(=O)[C@@H](N)CCSC)c[nH]1. The van der Waals surface area contributed by atoms with Gasteiger partial charge in [0, 0.05) is 6.20 Å². The fourth-order valence-electron chi connectivity index (χ4n) is 2.40. The van der Waals surface area contributed by atoms with E-state index in [4.69, 9.17) is 10.5 Å². The van der Waals surface area contributed by atoms with Gasteiger partial charge in [-0.1, -0.05) is 30.3 Å². The van der Waals surface area contributed by atoms with E-state index >= 15 is 0 Å². The van der Waals surface area contributed by atoms with Crippen LogP contribution in [0, 0.1) is 0 Å². The second-order valence-electron chi connectivity index (χ2n) is 5.56. The summed E-state index contributed by atoms with van der Waals surface area (Å²) in [5.74, 6) is 0.158. The quantitative estimate of drug-likeness (QED) is 0.705. The monoisotopic (exact) mass is 361 g/mol. The van der Waals surface area contributed by atoms with E-state index in [9.17, 15) is 9.59 Å². The normalized spacial score (nSPS) is 11.8. The van der Waals surface area contributed by atoms with Crippen molar-refractivity contribution in [1.82, 2.24) is 4.98 Å². The van der Waals surface area contributed by atoms with Crippen LogP contribution in [0.2, 0.25) is 0 Å². The predicted molar refractivity (Wildman–Crippen MR) is 101 cm³/mol. The molecule has 6 nitrogen and oxygen atoms in total. The first-order valence-electron chi connectivity index (χ1n) is 7.93. The van der Waals surface area contributed by atoms with Crippen LogP contribution in [0.5, 0.6) is 0 Å². The number of nitrogens with two attached hydrogens (primary N) is 1. The van der Waals surface area contributed by atoms with Gasteiger partial charge in [-0.2, -0.15) is 11.8 Å². The molecular weight excluding hydrogens is 338 g/mol. The molecule has 1 heterocycles. The number of carbonyl (C=O) groups is 2. The van der Waals surface area contributed by atoms with Gasteiger partial charge in [0.2, 0.25) is 5.91 Å². The standard InChI is InChI=1S/C18H23N3O3S/c1-24-18(23)16-10-14(11-20-16)21(12-13-6-4-3-5-7-13)17(22)15(19)8-9-25-2/h3-7,10-11,15,20H,8-9,12,19H2,1-2H3/t15-/m0/s1. The van der Waals surface area contributed by atoms with Crippen LogP contribution in [0.25, 0.3) is 0 Å². The zero-order chi connectivity index (χ0) is 18.2. The number of ether oxygens (including phenoxy) is 1. The maximum absolute atomic E-state index is 12.9. The number of rotatable bonds is 8. The highest BCUT2D eigenvalue weighted by Crippen LogP contribution is 2.21. The summed E-state index contributed by atoms with van der Waals surface area (Å²) in [5.41, 5.74) is 7.95. The third-order valence-electron chi connectivity index (χ3n) is 3.78. The highest BCUT2D eigenvalue weighted by atomic mass is 32.2. The van der Waals surface area contributed by atoms with Crippen LogP contribution < -0.4 is 10.6 Å². The van der Waals surface area contributed by atoms with E-state index < -0.39 is 12.0 Å². The second kappa shape index (κ2) is 9.29. The summed E-state index contributed by atoms with van der Waals surface area (Å²) >= 11 is 1.65. The number of hydrogen-bond donors (Lipinski definition) is 2. The summed E-state index contributed by atoms with van der Waals surface area (Å²) in [5, 5.41) is 0. The molecule has 2 rings (SSSR count). The molecule has 1 atom stereocenters. The van der Waals surface area contributed by atoms with Crippen LogP contribution in [0.15, 0.2) is 42.6 Å². The molecule has 1 aromatic carbocycles. The Balaban J connectivity index is 2.26. The number of amides is 1. The smallest absolute Gasteiger partial charge is 0.354 e. The Kier molecular flexibility index (Phi) is 7.09. The van der Waals surface area contributed by atoms with Crippen LogP contribution in [0.1, 0.15) is 22.5 Å². The topological polar surface area (TPSA) is 88.4 Å². The number of methoxy groups -OCH3 is 1. The molecule has 0 aliphatic heterocycles. The summed E-state index contributed by atoms with van der Waals surface area (Å²) in [6, 6.07) is 10.7. The molecule has 25 heavy (non-hydrogen) atoms. The average Bonchev–Trinajstić information content (AvgIpc) is 3.13. The predicted octanol–water partition coefficient (Wildman–Crippen LogP) is 2.41. The maximum atomic E-state index is 12.9. The minimum Gasteiger partial charge on any atom is -0.464 e. The van der Waals surface area contributed by atoms with Crippen molar-refractivity contribution in [3.63, 3.8) is 0 Å². The van der Waals surface area contributed by atoms with Gasteiger partial charge in [-0.3, -0.25) is 4.79 Å². The van der Waals surface area contributed by atoms with Crippen LogP contribution in [-0.4, -0.2) is 42.0 Å². The molecule has 0 fully saturated rings. The zero-order valence-corrected chi connectivity index (χ0v) is 15.2. The van der Waals surface area contributed by atoms with Gasteiger partial charge in [-0.15, -0.1) is 0 Å². The van der Waals surface area contributed by atoms with Crippen molar-refractivity contribution in [3.8, 4) is 0 Å². The van der Waals surface area contributed by atoms with Crippen molar-refractivity contribution in [3.05, 3.63) is 53.9 Å². The molecule has 1 aromatic heterocycles. The highest BCUT2D eigenvalue weighted by Gasteiger charge is 2.24. The average molecular weight is 361 g/mol. The van der Waals surface area contributed by atoms with E-state index in [-0.39, 0.29) is 5.91 Å². The van der Waals surface area contributed by atoms with Gasteiger partial charge in [0.25, 0.3) is 0 Å². The number of hydrogen-bond acceptors (Lipinski definition) is 5. The van der Waals surface area contributed by atoms with Crippen LogP contribution in [0.4, 0.5) is 5.69 Å². The molecule has 0 aliphatic rings. The Bertz CT molecular complexity index is 703. The van der Waals surface area contributed by atoms with Crippen LogP contribution >= 0.6 is 11.8 Å². The van der Waals surface area contributed by atoms with Gasteiger partial charge in [0.1, 0.15) is 5.69 Å². The molecule has 0 spiro atoms. The van der Waals surface area contributed by atoms with Gasteiger partial charge in [-0.05, 0) is 30.1 Å². The fraction of sp³-hybridized carbons (Fsp3) is 0.333. The summed E-state index contributed by atoms with van der Waals surface area (Å²) in [7, 11) is 1.31. The van der Waals surface area contributed by atoms with E-state index in [1.807, 2.05) is 36.6 Å². The lowest BCUT2D eigenvalue weighted by Gasteiger charge is -2.25. The van der Waals surface area contributed by atoms with Crippen LogP contribution in [0.3, 0.4) is 0 Å². The van der Waals surface area contributed by atoms with Gasteiger partial charge in [-0.25, -0.2) is 4.79 Å². The molecule has 0 saturated carbocycles. The third kappa shape index (κ3) is 5.11. The van der Waals surface area contributed by atoms with Crippen molar-refractivity contribution in [2.45, 2.75) is 19.0 Å². The number of H-pyrrole nitrogens is 1. The Morgan fingerprint density at radius 2 is 2.04 bits per heavy atom. The van der Waals surface area contributed by atoms with Gasteiger partial charge < -0.3 is 20.4 Å². The number of thioether (sulfide) groups is 1. The minimum atomic E-state index is -0.590. The van der Waals surface area contributed by atoms with Gasteiger partial charge in [0.15, 0.2) is 0 Å². The number of nitrogens with zero attached hydrogens (tertiary/aromatic N) is 1. The fourth-order valence-corrected chi connectivity index (χ4v) is 2.89. The minimum absolute atomic E-state index is 0.173. The molecule has 0 radical (unpaired) electrons. The van der Waals surface area contributed by atoms with Crippen molar-refractivity contribution in [2.24, 2.45) is 5.73 Å². The summed E-state index contributed by atoms with van der Waals surface area (Å²) in [6.07, 6.45) is 4.20. The number of benzene rings is 1. The summed E-state index contributed by atoms with van der Waals surface area (Å²) in [4.78, 5) is 29.0. The third-order valence-corrected chi connectivity index (χ3v) is 4.43. The number of esters is 1. The molecule has 134 valence electrons. The number of nitrogens with one attached hydrogen (secondary N) is 1. The molecular formula is C18H23N3O3S. The Hall–Kier alpha value is -2.25. The molecule has 0 unspecified atom stereocenters. The largest absolute Gasteiger partial charge is 0.464 e. The Morgan fingerprint density at radius 1 is 1.32 bits per heavy atom. The molecule has 1 amide bonds. The van der Waals surface area contributed by atoms with Crippen LogP contribution in [-0.2, 0) is 16.1 Å². The van der Waals surface area contributed by atoms with Crippen molar-refractivity contribution >= 4 is 29.3 Å². The number of carbonyl (C=O) groups excluding carboxylic acids is 2. The Morgan fingerprint density at radius 3 is 2.68 bits per heavy atom. The molecule has 3 N–H and O–H groups in total. The van der Waals surface area contributed by atoms with Crippen molar-refractivity contribution in [1.29, 1.82) is 0 Å². The first-order chi connectivity index (χ1) is 12.1.